The first-order valence-electron chi connectivity index (χ1n) is 7.33. The Labute approximate surface area is 127 Å². The number of hydrogen-bond donors (Lipinski definition) is 1. The van der Waals surface area contributed by atoms with Crippen LogP contribution in [0.15, 0.2) is 18.2 Å². The number of nitrogens with zero attached hydrogens (tertiary/aromatic N) is 2. The smallest absolute Gasteiger partial charge is 0.313 e. The van der Waals surface area contributed by atoms with Crippen molar-refractivity contribution in [1.82, 2.24) is 14.9 Å². The van der Waals surface area contributed by atoms with Gasteiger partial charge in [0.05, 0.1) is 24.2 Å². The van der Waals surface area contributed by atoms with Crippen molar-refractivity contribution in [1.29, 1.82) is 0 Å². The molecule has 1 atom stereocenters. The molecule has 0 radical (unpaired) electrons. The van der Waals surface area contributed by atoms with E-state index >= 15 is 0 Å². The minimum atomic E-state index is -0.359. The molecule has 3 rings (SSSR count). The molecule has 0 amide bonds. The van der Waals surface area contributed by atoms with Gasteiger partial charge in [-0.15, -0.1) is 0 Å². The number of carbonyl (C=O) groups excluding carboxylic acids is 1. The number of fused-ring (bicyclic) bond motifs is 1. The third-order valence-electron chi connectivity index (χ3n) is 3.53. The maximum absolute atomic E-state index is 13.4. The van der Waals surface area contributed by atoms with Gasteiger partial charge in [0.2, 0.25) is 0 Å². The highest BCUT2D eigenvalue weighted by atomic mass is 19.1. The standard InChI is InChI=1S/C15H18FN3O3/c1-2-21-15(20)8-13-18-11-7-10(16)3-4-12(11)19(13)14-9-17-5-6-22-14/h3-4,7,14,17H,2,5-6,8-9H2,1H3. The Morgan fingerprint density at radius 1 is 1.59 bits per heavy atom. The summed E-state index contributed by atoms with van der Waals surface area (Å²) in [6.07, 6.45) is -0.238. The molecule has 1 saturated heterocycles. The van der Waals surface area contributed by atoms with Gasteiger partial charge >= 0.3 is 5.97 Å². The van der Waals surface area contributed by atoms with E-state index in [1.54, 1.807) is 13.0 Å². The number of nitrogens with one attached hydrogen (secondary N) is 1. The van der Waals surface area contributed by atoms with E-state index in [9.17, 15) is 9.18 Å². The van der Waals surface area contributed by atoms with Crippen molar-refractivity contribution >= 4 is 17.0 Å². The maximum atomic E-state index is 13.4. The van der Waals surface area contributed by atoms with Gasteiger partial charge in [0.1, 0.15) is 24.3 Å². The van der Waals surface area contributed by atoms with Gasteiger partial charge < -0.3 is 14.8 Å². The van der Waals surface area contributed by atoms with Gasteiger partial charge in [0.15, 0.2) is 0 Å². The number of hydrogen-bond acceptors (Lipinski definition) is 5. The molecule has 0 bridgehead atoms. The Morgan fingerprint density at radius 3 is 3.18 bits per heavy atom. The highest BCUT2D eigenvalue weighted by Gasteiger charge is 2.23. The number of halogens is 1. The Balaban J connectivity index is 2.02. The molecule has 2 heterocycles. The minimum Gasteiger partial charge on any atom is -0.466 e. The third kappa shape index (κ3) is 2.95. The fourth-order valence-electron chi connectivity index (χ4n) is 2.63. The lowest BCUT2D eigenvalue weighted by atomic mass is 10.3. The summed E-state index contributed by atoms with van der Waals surface area (Å²) in [7, 11) is 0. The highest BCUT2D eigenvalue weighted by Crippen LogP contribution is 2.24. The van der Waals surface area contributed by atoms with Crippen LogP contribution in [-0.2, 0) is 20.7 Å². The first kappa shape index (κ1) is 14.9. The van der Waals surface area contributed by atoms with Crippen molar-refractivity contribution in [3.63, 3.8) is 0 Å². The zero-order valence-corrected chi connectivity index (χ0v) is 12.3. The van der Waals surface area contributed by atoms with Gasteiger partial charge in [-0.1, -0.05) is 0 Å². The van der Waals surface area contributed by atoms with E-state index in [1.165, 1.54) is 12.1 Å². The van der Waals surface area contributed by atoms with Crippen LogP contribution in [0.2, 0.25) is 0 Å². The van der Waals surface area contributed by atoms with Gasteiger partial charge in [-0.25, -0.2) is 9.37 Å². The fraction of sp³-hybridized carbons (Fsp3) is 0.467. The minimum absolute atomic E-state index is 0.0317. The van der Waals surface area contributed by atoms with Crippen LogP contribution in [0.3, 0.4) is 0 Å². The van der Waals surface area contributed by atoms with Crippen molar-refractivity contribution in [3.05, 3.63) is 29.8 Å². The Morgan fingerprint density at radius 2 is 2.45 bits per heavy atom. The molecule has 6 nitrogen and oxygen atoms in total. The lowest BCUT2D eigenvalue weighted by Crippen LogP contribution is -2.37. The van der Waals surface area contributed by atoms with Gasteiger partial charge in [-0.3, -0.25) is 9.36 Å². The second-order valence-corrected chi connectivity index (χ2v) is 5.04. The van der Waals surface area contributed by atoms with Crippen LogP contribution in [0.4, 0.5) is 4.39 Å². The predicted octanol–water partition coefficient (Wildman–Crippen LogP) is 1.40. The molecule has 1 aromatic heterocycles. The summed E-state index contributed by atoms with van der Waals surface area (Å²) in [6.45, 7) is 4.04. The zero-order chi connectivity index (χ0) is 15.5. The summed E-state index contributed by atoms with van der Waals surface area (Å²) in [4.78, 5) is 16.2. The van der Waals surface area contributed by atoms with Crippen LogP contribution in [0.1, 0.15) is 19.0 Å². The molecule has 1 aliphatic rings. The molecule has 0 aliphatic carbocycles. The van der Waals surface area contributed by atoms with Crippen LogP contribution in [-0.4, -0.2) is 41.8 Å². The van der Waals surface area contributed by atoms with E-state index in [0.717, 1.165) is 12.1 Å². The monoisotopic (exact) mass is 307 g/mol. The summed E-state index contributed by atoms with van der Waals surface area (Å²) < 4.78 is 26.0. The molecular weight excluding hydrogens is 289 g/mol. The van der Waals surface area contributed by atoms with Crippen LogP contribution in [0.5, 0.6) is 0 Å². The van der Waals surface area contributed by atoms with Gasteiger partial charge in [0.25, 0.3) is 0 Å². The number of imidazole rings is 1. The van der Waals surface area contributed by atoms with E-state index < -0.39 is 0 Å². The molecule has 1 fully saturated rings. The van der Waals surface area contributed by atoms with Gasteiger partial charge in [-0.2, -0.15) is 0 Å². The maximum Gasteiger partial charge on any atom is 0.313 e. The summed E-state index contributed by atoms with van der Waals surface area (Å²) in [5.74, 6) is -0.196. The van der Waals surface area contributed by atoms with Crippen LogP contribution < -0.4 is 5.32 Å². The summed E-state index contributed by atoms with van der Waals surface area (Å²) in [5.41, 5.74) is 1.25. The molecule has 1 aliphatic heterocycles. The topological polar surface area (TPSA) is 65.4 Å². The summed E-state index contributed by atoms with van der Waals surface area (Å²) in [5, 5.41) is 3.24. The number of rotatable bonds is 4. The molecule has 1 N–H and O–H groups in total. The molecule has 0 spiro atoms. The summed E-state index contributed by atoms with van der Waals surface area (Å²) >= 11 is 0. The Kier molecular flexibility index (Phi) is 4.35. The Bertz CT molecular complexity index is 680. The van der Waals surface area contributed by atoms with Crippen molar-refractivity contribution in [2.45, 2.75) is 19.6 Å². The molecule has 7 heteroatoms. The predicted molar refractivity (Wildman–Crippen MR) is 77.9 cm³/mol. The molecule has 22 heavy (non-hydrogen) atoms. The van der Waals surface area contributed by atoms with Crippen molar-refractivity contribution in [2.75, 3.05) is 26.3 Å². The number of carbonyl (C=O) groups is 1. The lowest BCUT2D eigenvalue weighted by Gasteiger charge is -2.26. The second kappa shape index (κ2) is 6.41. The normalized spacial score (nSPS) is 18.5. The average Bonchev–Trinajstić information content (AvgIpc) is 2.85. The van der Waals surface area contributed by atoms with Crippen molar-refractivity contribution in [3.8, 4) is 0 Å². The van der Waals surface area contributed by atoms with Gasteiger partial charge in [-0.05, 0) is 19.1 Å². The van der Waals surface area contributed by atoms with E-state index in [2.05, 4.69) is 10.3 Å². The first-order valence-corrected chi connectivity index (χ1v) is 7.33. The van der Waals surface area contributed by atoms with Crippen LogP contribution >= 0.6 is 0 Å². The number of esters is 1. The molecule has 0 saturated carbocycles. The zero-order valence-electron chi connectivity index (χ0n) is 12.3. The van der Waals surface area contributed by atoms with E-state index in [0.29, 0.717) is 31.1 Å². The van der Waals surface area contributed by atoms with E-state index in [-0.39, 0.29) is 24.4 Å². The first-order chi connectivity index (χ1) is 10.7. The number of ether oxygens (including phenoxy) is 2. The molecule has 2 aromatic rings. The lowest BCUT2D eigenvalue weighted by molar-refractivity contribution is -0.142. The SMILES string of the molecule is CCOC(=O)Cc1nc2cc(F)ccc2n1C1CNCCO1. The fourth-order valence-corrected chi connectivity index (χ4v) is 2.63. The molecule has 1 unspecified atom stereocenters. The Hall–Kier alpha value is -1.99. The quantitative estimate of drug-likeness (QED) is 0.865. The number of benzene rings is 1. The second-order valence-electron chi connectivity index (χ2n) is 5.04. The van der Waals surface area contributed by atoms with Crippen molar-refractivity contribution in [2.24, 2.45) is 0 Å². The van der Waals surface area contributed by atoms with E-state index in [1.807, 2.05) is 4.57 Å². The third-order valence-corrected chi connectivity index (χ3v) is 3.53. The van der Waals surface area contributed by atoms with Gasteiger partial charge in [0, 0.05) is 19.2 Å². The van der Waals surface area contributed by atoms with E-state index in [4.69, 9.17) is 9.47 Å². The molecular formula is C15H18FN3O3. The van der Waals surface area contributed by atoms with Crippen LogP contribution in [0, 0.1) is 5.82 Å². The number of aromatic nitrogens is 2. The van der Waals surface area contributed by atoms with Crippen LogP contribution in [0.25, 0.3) is 11.0 Å². The van der Waals surface area contributed by atoms with Crippen molar-refractivity contribution < 1.29 is 18.7 Å². The number of morpholine rings is 1. The molecule has 1 aromatic carbocycles. The molecule has 118 valence electrons. The summed E-state index contributed by atoms with van der Waals surface area (Å²) in [6, 6.07) is 4.39. The average molecular weight is 307 g/mol. The largest absolute Gasteiger partial charge is 0.466 e. The highest BCUT2D eigenvalue weighted by molar-refractivity contribution is 5.78.